The molecule has 0 saturated heterocycles. The van der Waals surface area contributed by atoms with Crippen molar-refractivity contribution in [2.45, 2.75) is 26.8 Å². The zero-order chi connectivity index (χ0) is 20.4. The second-order valence-electron chi connectivity index (χ2n) is 6.42. The molecular formula is C19H23N3O4S. The Morgan fingerprint density at radius 2 is 1.74 bits per heavy atom. The first-order valence-corrected chi connectivity index (χ1v) is 10.1. The first kappa shape index (κ1) is 20.4. The van der Waals surface area contributed by atoms with Crippen molar-refractivity contribution in [2.75, 3.05) is 15.9 Å². The third-order valence-corrected chi connectivity index (χ3v) is 5.37. The van der Waals surface area contributed by atoms with Gasteiger partial charge in [-0.3, -0.25) is 13.9 Å². The molecule has 0 unspecified atom stereocenters. The number of carbonyl (C=O) groups is 2. The number of nitrogens with one attached hydrogen (secondary N) is 1. The van der Waals surface area contributed by atoms with E-state index in [1.54, 1.807) is 31.2 Å². The molecule has 8 heteroatoms. The van der Waals surface area contributed by atoms with Crippen molar-refractivity contribution in [3.05, 3.63) is 59.2 Å². The summed E-state index contributed by atoms with van der Waals surface area (Å²) in [5, 5.41) is 2.60. The predicted molar refractivity (Wildman–Crippen MR) is 106 cm³/mol. The van der Waals surface area contributed by atoms with E-state index in [2.05, 4.69) is 5.32 Å². The van der Waals surface area contributed by atoms with Crippen LogP contribution in [0.5, 0.6) is 0 Å². The maximum absolute atomic E-state index is 12.8. The number of amides is 2. The maximum Gasteiger partial charge on any atom is 0.250 e. The fourth-order valence-electron chi connectivity index (χ4n) is 2.78. The number of aryl methyl sites for hydroxylation is 2. The van der Waals surface area contributed by atoms with Gasteiger partial charge >= 0.3 is 0 Å². The second kappa shape index (κ2) is 7.79. The lowest BCUT2D eigenvalue weighted by Gasteiger charge is -2.30. The van der Waals surface area contributed by atoms with E-state index >= 15 is 0 Å². The van der Waals surface area contributed by atoms with Crippen LogP contribution in [0.3, 0.4) is 0 Å². The normalized spacial score (nSPS) is 12.3. The summed E-state index contributed by atoms with van der Waals surface area (Å²) in [6.45, 7) is 5.11. The van der Waals surface area contributed by atoms with Gasteiger partial charge < -0.3 is 11.1 Å². The van der Waals surface area contributed by atoms with Gasteiger partial charge in [0.1, 0.15) is 6.04 Å². The van der Waals surface area contributed by atoms with E-state index in [0.29, 0.717) is 5.69 Å². The summed E-state index contributed by atoms with van der Waals surface area (Å²) in [4.78, 5) is 24.3. The van der Waals surface area contributed by atoms with Crippen molar-refractivity contribution in [2.24, 2.45) is 5.73 Å². The largest absolute Gasteiger partial charge is 0.366 e. The Hall–Kier alpha value is -2.87. The molecule has 0 aromatic heterocycles. The van der Waals surface area contributed by atoms with Crippen molar-refractivity contribution in [1.82, 2.24) is 0 Å². The van der Waals surface area contributed by atoms with E-state index in [0.717, 1.165) is 21.7 Å². The van der Waals surface area contributed by atoms with E-state index in [9.17, 15) is 18.0 Å². The molecule has 0 aliphatic carbocycles. The number of para-hydroxylation sites is 1. The van der Waals surface area contributed by atoms with Crippen LogP contribution in [0, 0.1) is 13.8 Å². The highest BCUT2D eigenvalue weighted by Gasteiger charge is 2.30. The molecule has 0 spiro atoms. The number of nitrogens with two attached hydrogens (primary N) is 1. The van der Waals surface area contributed by atoms with Crippen molar-refractivity contribution < 1.29 is 18.0 Å². The zero-order valence-corrected chi connectivity index (χ0v) is 16.5. The summed E-state index contributed by atoms with van der Waals surface area (Å²) < 4.78 is 26.0. The lowest BCUT2D eigenvalue weighted by Crippen LogP contribution is -2.45. The van der Waals surface area contributed by atoms with E-state index in [1.807, 2.05) is 13.0 Å². The molecule has 0 aliphatic rings. The minimum Gasteiger partial charge on any atom is -0.366 e. The number of primary amides is 1. The summed E-state index contributed by atoms with van der Waals surface area (Å²) >= 11 is 0. The zero-order valence-electron chi connectivity index (χ0n) is 15.7. The van der Waals surface area contributed by atoms with E-state index < -0.39 is 27.9 Å². The highest BCUT2D eigenvalue weighted by Crippen LogP contribution is 2.27. The quantitative estimate of drug-likeness (QED) is 0.789. The van der Waals surface area contributed by atoms with Crippen molar-refractivity contribution in [1.29, 1.82) is 0 Å². The monoisotopic (exact) mass is 389 g/mol. The Kier molecular flexibility index (Phi) is 5.90. The third kappa shape index (κ3) is 4.65. The second-order valence-corrected chi connectivity index (χ2v) is 8.28. The van der Waals surface area contributed by atoms with Gasteiger partial charge in [0, 0.05) is 0 Å². The Morgan fingerprint density at radius 1 is 1.11 bits per heavy atom. The van der Waals surface area contributed by atoms with E-state index in [-0.39, 0.29) is 11.3 Å². The number of sulfonamides is 1. The smallest absolute Gasteiger partial charge is 0.250 e. The van der Waals surface area contributed by atoms with Crippen LogP contribution < -0.4 is 15.4 Å². The van der Waals surface area contributed by atoms with Crippen LogP contribution in [0.1, 0.15) is 28.4 Å². The summed E-state index contributed by atoms with van der Waals surface area (Å²) in [7, 11) is -3.74. The molecule has 2 aromatic carbocycles. The molecule has 0 bridgehead atoms. The number of carbonyl (C=O) groups excluding carboxylic acids is 2. The lowest BCUT2D eigenvalue weighted by molar-refractivity contribution is -0.116. The van der Waals surface area contributed by atoms with E-state index in [1.165, 1.54) is 19.1 Å². The summed E-state index contributed by atoms with van der Waals surface area (Å²) in [5.41, 5.74) is 7.74. The van der Waals surface area contributed by atoms with Crippen LogP contribution in [-0.2, 0) is 14.8 Å². The Morgan fingerprint density at radius 3 is 2.33 bits per heavy atom. The number of rotatable bonds is 6. The summed E-state index contributed by atoms with van der Waals surface area (Å²) in [6, 6.07) is 10.6. The molecule has 1 atom stereocenters. The minimum atomic E-state index is -3.74. The van der Waals surface area contributed by atoms with Crippen LogP contribution in [0.25, 0.3) is 0 Å². The number of hydrogen-bond donors (Lipinski definition) is 2. The molecule has 0 saturated carbocycles. The first-order valence-electron chi connectivity index (χ1n) is 8.28. The number of nitrogens with zero attached hydrogens (tertiary/aromatic N) is 1. The molecule has 2 rings (SSSR count). The standard InChI is InChI=1S/C19H23N3O4S/c1-12-9-10-13(2)17(11-12)22(27(4,25)26)14(3)19(24)21-16-8-6-5-7-15(16)18(20)23/h5-11,14H,1-4H3,(H2,20,23)(H,21,24)/t14-/m0/s1. The van der Waals surface area contributed by atoms with Gasteiger partial charge in [-0.2, -0.15) is 0 Å². The number of anilines is 2. The Balaban J connectivity index is 2.42. The molecule has 2 amide bonds. The van der Waals surface area contributed by atoms with Crippen LogP contribution in [0.2, 0.25) is 0 Å². The van der Waals surface area contributed by atoms with Gasteiger partial charge in [-0.15, -0.1) is 0 Å². The molecule has 7 nitrogen and oxygen atoms in total. The molecule has 3 N–H and O–H groups in total. The molecule has 144 valence electrons. The Bertz CT molecular complexity index is 986. The highest BCUT2D eigenvalue weighted by molar-refractivity contribution is 7.92. The molecule has 0 aliphatic heterocycles. The van der Waals surface area contributed by atoms with Gasteiger partial charge in [-0.25, -0.2) is 8.42 Å². The maximum atomic E-state index is 12.8. The topological polar surface area (TPSA) is 110 Å². The minimum absolute atomic E-state index is 0.149. The predicted octanol–water partition coefficient (Wildman–Crippen LogP) is 2.20. The molecular weight excluding hydrogens is 366 g/mol. The third-order valence-electron chi connectivity index (χ3n) is 4.14. The molecule has 0 fully saturated rings. The van der Waals surface area contributed by atoms with Crippen molar-refractivity contribution >= 4 is 33.2 Å². The summed E-state index contributed by atoms with van der Waals surface area (Å²) in [6.07, 6.45) is 1.05. The SMILES string of the molecule is Cc1ccc(C)c(N([C@@H](C)C(=O)Nc2ccccc2C(N)=O)S(C)(=O)=O)c1. The first-order chi connectivity index (χ1) is 12.5. The van der Waals surface area contributed by atoms with Gasteiger partial charge in [-0.05, 0) is 50.1 Å². The van der Waals surface area contributed by atoms with Crippen LogP contribution >= 0.6 is 0 Å². The molecule has 0 radical (unpaired) electrons. The molecule has 27 heavy (non-hydrogen) atoms. The number of benzene rings is 2. The van der Waals surface area contributed by atoms with E-state index in [4.69, 9.17) is 5.73 Å². The molecule has 2 aromatic rings. The van der Waals surface area contributed by atoms with Crippen LogP contribution in [-0.4, -0.2) is 32.5 Å². The number of hydrogen-bond acceptors (Lipinski definition) is 4. The van der Waals surface area contributed by atoms with Gasteiger partial charge in [0.25, 0.3) is 5.91 Å². The average molecular weight is 389 g/mol. The van der Waals surface area contributed by atoms with Gasteiger partial charge in [0.2, 0.25) is 15.9 Å². The fraction of sp³-hybridized carbons (Fsp3) is 0.263. The van der Waals surface area contributed by atoms with Gasteiger partial charge in [0.15, 0.2) is 0 Å². The lowest BCUT2D eigenvalue weighted by atomic mass is 10.1. The average Bonchev–Trinajstić information content (AvgIpc) is 2.57. The van der Waals surface area contributed by atoms with Crippen LogP contribution in [0.15, 0.2) is 42.5 Å². The Labute approximate surface area is 159 Å². The van der Waals surface area contributed by atoms with Crippen molar-refractivity contribution in [3.8, 4) is 0 Å². The van der Waals surface area contributed by atoms with Crippen LogP contribution in [0.4, 0.5) is 11.4 Å². The van der Waals surface area contributed by atoms with Gasteiger partial charge in [0.05, 0.1) is 23.2 Å². The van der Waals surface area contributed by atoms with Gasteiger partial charge in [-0.1, -0.05) is 24.3 Å². The highest BCUT2D eigenvalue weighted by atomic mass is 32.2. The van der Waals surface area contributed by atoms with Crippen molar-refractivity contribution in [3.63, 3.8) is 0 Å². The molecule has 0 heterocycles. The summed E-state index contributed by atoms with van der Waals surface area (Å²) in [5.74, 6) is -1.26. The fourth-order valence-corrected chi connectivity index (χ4v) is 4.01.